The van der Waals surface area contributed by atoms with Crippen molar-refractivity contribution in [3.8, 4) is 16.9 Å². The number of nitrogens with one attached hydrogen (secondary N) is 1. The molecule has 0 aliphatic heterocycles. The van der Waals surface area contributed by atoms with Crippen LogP contribution in [0.15, 0.2) is 42.7 Å². The number of hydrogen-bond donors (Lipinski definition) is 1. The molecule has 0 radical (unpaired) electrons. The Balaban J connectivity index is 1.61. The molecule has 33 heavy (non-hydrogen) atoms. The molecule has 7 heteroatoms. The third-order valence-corrected chi connectivity index (χ3v) is 6.22. The number of pyridine rings is 1. The molecular formula is C26H33N5O2. The van der Waals surface area contributed by atoms with Crippen LogP contribution in [0.1, 0.15) is 53.7 Å². The summed E-state index contributed by atoms with van der Waals surface area (Å²) in [5.74, 6) is 1.25. The number of rotatable bonds is 7. The van der Waals surface area contributed by atoms with Gasteiger partial charge in [-0.2, -0.15) is 5.10 Å². The van der Waals surface area contributed by atoms with Crippen molar-refractivity contribution in [3.63, 3.8) is 0 Å². The van der Waals surface area contributed by atoms with E-state index in [4.69, 9.17) is 4.74 Å². The summed E-state index contributed by atoms with van der Waals surface area (Å²) in [5, 5.41) is 7.44. The molecule has 1 N–H and O–H groups in total. The standard InChI is InChI=1S/C26H33N5O2/c1-30(2)25-24(33-4)20(15-23(29-25)26(32)28-22-8-6-5-7-9-22)14-18-10-12-19(13-11-18)21-16-27-31(3)17-21/h10-13,15-17,22H,5-9,14H2,1-4H3,(H,28,32). The smallest absolute Gasteiger partial charge is 0.270 e. The first-order valence-corrected chi connectivity index (χ1v) is 11.6. The molecule has 1 aromatic carbocycles. The lowest BCUT2D eigenvalue weighted by Gasteiger charge is -2.24. The molecule has 1 saturated carbocycles. The minimum absolute atomic E-state index is 0.110. The van der Waals surface area contributed by atoms with Crippen LogP contribution in [0.5, 0.6) is 5.75 Å². The second-order valence-electron chi connectivity index (χ2n) is 9.00. The zero-order valence-electron chi connectivity index (χ0n) is 20.0. The average Bonchev–Trinajstić information content (AvgIpc) is 3.26. The second-order valence-corrected chi connectivity index (χ2v) is 9.00. The summed E-state index contributed by atoms with van der Waals surface area (Å²) in [6.07, 6.45) is 10.2. The van der Waals surface area contributed by atoms with Crippen molar-refractivity contribution >= 4 is 11.7 Å². The summed E-state index contributed by atoms with van der Waals surface area (Å²) >= 11 is 0. The van der Waals surface area contributed by atoms with Crippen molar-refractivity contribution in [2.75, 3.05) is 26.1 Å². The zero-order valence-corrected chi connectivity index (χ0v) is 20.0. The van der Waals surface area contributed by atoms with Gasteiger partial charge >= 0.3 is 0 Å². The maximum Gasteiger partial charge on any atom is 0.270 e. The lowest BCUT2D eigenvalue weighted by molar-refractivity contribution is 0.0922. The lowest BCUT2D eigenvalue weighted by Crippen LogP contribution is -2.36. The van der Waals surface area contributed by atoms with Gasteiger partial charge in [0.1, 0.15) is 5.69 Å². The first kappa shape index (κ1) is 22.8. The third kappa shape index (κ3) is 5.35. The Morgan fingerprint density at radius 2 is 1.88 bits per heavy atom. The highest BCUT2D eigenvalue weighted by Gasteiger charge is 2.22. The molecule has 0 bridgehead atoms. The highest BCUT2D eigenvalue weighted by molar-refractivity contribution is 5.93. The van der Waals surface area contributed by atoms with Crippen LogP contribution in [0.3, 0.4) is 0 Å². The Kier molecular flexibility index (Phi) is 6.96. The number of aryl methyl sites for hydroxylation is 1. The van der Waals surface area contributed by atoms with Gasteiger partial charge in [-0.25, -0.2) is 4.98 Å². The molecule has 1 aliphatic carbocycles. The van der Waals surface area contributed by atoms with E-state index in [2.05, 4.69) is 39.7 Å². The Morgan fingerprint density at radius 3 is 2.48 bits per heavy atom. The molecule has 1 amide bonds. The van der Waals surface area contributed by atoms with E-state index in [1.807, 2.05) is 44.5 Å². The summed E-state index contributed by atoms with van der Waals surface area (Å²) in [5.41, 5.74) is 4.72. The molecule has 174 valence electrons. The largest absolute Gasteiger partial charge is 0.493 e. The monoisotopic (exact) mass is 447 g/mol. The van der Waals surface area contributed by atoms with Gasteiger partial charge in [-0.1, -0.05) is 43.5 Å². The fourth-order valence-corrected chi connectivity index (χ4v) is 4.46. The number of benzene rings is 1. The minimum Gasteiger partial charge on any atom is -0.493 e. The summed E-state index contributed by atoms with van der Waals surface area (Å²) in [7, 11) is 7.40. The van der Waals surface area contributed by atoms with E-state index in [1.165, 1.54) is 19.3 Å². The quantitative estimate of drug-likeness (QED) is 0.587. The number of methoxy groups -OCH3 is 1. The number of amides is 1. The van der Waals surface area contributed by atoms with E-state index in [0.717, 1.165) is 35.1 Å². The van der Waals surface area contributed by atoms with Crippen molar-refractivity contribution in [2.45, 2.75) is 44.6 Å². The highest BCUT2D eigenvalue weighted by atomic mass is 16.5. The van der Waals surface area contributed by atoms with Crippen LogP contribution in [0.25, 0.3) is 11.1 Å². The SMILES string of the molecule is COc1c(Cc2ccc(-c3cnn(C)c3)cc2)cc(C(=O)NC2CCCCC2)nc1N(C)C. The number of ether oxygens (including phenoxy) is 1. The van der Waals surface area contributed by atoms with Crippen molar-refractivity contribution in [1.82, 2.24) is 20.1 Å². The predicted octanol–water partition coefficient (Wildman–Crippen LogP) is 4.21. The van der Waals surface area contributed by atoms with Gasteiger partial charge in [0.2, 0.25) is 0 Å². The third-order valence-electron chi connectivity index (χ3n) is 6.22. The molecule has 0 saturated heterocycles. The summed E-state index contributed by atoms with van der Waals surface area (Å²) < 4.78 is 7.54. The second kappa shape index (κ2) is 10.1. The lowest BCUT2D eigenvalue weighted by atomic mass is 9.95. The van der Waals surface area contributed by atoms with Crippen LogP contribution in [0.2, 0.25) is 0 Å². The fraction of sp³-hybridized carbons (Fsp3) is 0.423. The molecule has 2 heterocycles. The van der Waals surface area contributed by atoms with E-state index in [0.29, 0.717) is 23.7 Å². The van der Waals surface area contributed by atoms with E-state index in [1.54, 1.807) is 11.8 Å². The van der Waals surface area contributed by atoms with Crippen LogP contribution in [0, 0.1) is 0 Å². The Hall–Kier alpha value is -3.35. The summed E-state index contributed by atoms with van der Waals surface area (Å²) in [6, 6.07) is 10.5. The normalized spacial score (nSPS) is 14.2. The minimum atomic E-state index is -0.110. The highest BCUT2D eigenvalue weighted by Crippen LogP contribution is 2.32. The van der Waals surface area contributed by atoms with Gasteiger partial charge in [-0.3, -0.25) is 9.48 Å². The van der Waals surface area contributed by atoms with E-state index < -0.39 is 0 Å². The van der Waals surface area contributed by atoms with Crippen LogP contribution >= 0.6 is 0 Å². The molecular weight excluding hydrogens is 414 g/mol. The summed E-state index contributed by atoms with van der Waals surface area (Å²) in [4.78, 5) is 19.6. The number of aromatic nitrogens is 3. The van der Waals surface area contributed by atoms with Crippen molar-refractivity contribution in [2.24, 2.45) is 7.05 Å². The average molecular weight is 448 g/mol. The number of anilines is 1. The molecule has 0 spiro atoms. The van der Waals surface area contributed by atoms with E-state index >= 15 is 0 Å². The fourth-order valence-electron chi connectivity index (χ4n) is 4.46. The van der Waals surface area contributed by atoms with Gasteiger partial charge in [0, 0.05) is 50.9 Å². The van der Waals surface area contributed by atoms with E-state index in [9.17, 15) is 4.79 Å². The van der Waals surface area contributed by atoms with Gasteiger partial charge in [-0.05, 0) is 30.0 Å². The Labute approximate surface area is 195 Å². The first-order chi connectivity index (χ1) is 15.9. The van der Waals surface area contributed by atoms with E-state index in [-0.39, 0.29) is 11.9 Å². The predicted molar refractivity (Wildman–Crippen MR) is 131 cm³/mol. The maximum atomic E-state index is 13.1. The number of nitrogens with zero attached hydrogens (tertiary/aromatic N) is 4. The molecule has 0 unspecified atom stereocenters. The van der Waals surface area contributed by atoms with Gasteiger partial charge in [0.25, 0.3) is 5.91 Å². The van der Waals surface area contributed by atoms with Gasteiger partial charge in [0.05, 0.1) is 13.3 Å². The van der Waals surface area contributed by atoms with Gasteiger partial charge in [-0.15, -0.1) is 0 Å². The molecule has 7 nitrogen and oxygen atoms in total. The zero-order chi connectivity index (χ0) is 23.4. The maximum absolute atomic E-state index is 13.1. The molecule has 1 fully saturated rings. The molecule has 0 atom stereocenters. The topological polar surface area (TPSA) is 72.3 Å². The van der Waals surface area contributed by atoms with Crippen LogP contribution < -0.4 is 15.0 Å². The summed E-state index contributed by atoms with van der Waals surface area (Å²) in [6.45, 7) is 0. The molecule has 3 aromatic rings. The molecule has 1 aliphatic rings. The van der Waals surface area contributed by atoms with Crippen molar-refractivity contribution in [3.05, 3.63) is 59.5 Å². The van der Waals surface area contributed by atoms with Crippen LogP contribution in [0.4, 0.5) is 5.82 Å². The van der Waals surface area contributed by atoms with Crippen molar-refractivity contribution < 1.29 is 9.53 Å². The van der Waals surface area contributed by atoms with Crippen LogP contribution in [-0.2, 0) is 13.5 Å². The molecule has 2 aromatic heterocycles. The first-order valence-electron chi connectivity index (χ1n) is 11.6. The molecule has 4 rings (SSSR count). The van der Waals surface area contributed by atoms with Gasteiger partial charge in [0.15, 0.2) is 11.6 Å². The Morgan fingerprint density at radius 1 is 1.15 bits per heavy atom. The van der Waals surface area contributed by atoms with Crippen LogP contribution in [-0.4, -0.2) is 47.9 Å². The van der Waals surface area contributed by atoms with Crippen molar-refractivity contribution in [1.29, 1.82) is 0 Å². The Bertz CT molecular complexity index is 1100. The number of carbonyl (C=O) groups is 1. The van der Waals surface area contributed by atoms with Gasteiger partial charge < -0.3 is 15.0 Å². The number of hydrogen-bond acceptors (Lipinski definition) is 5. The number of carbonyl (C=O) groups excluding carboxylic acids is 1.